The van der Waals surface area contributed by atoms with Crippen molar-refractivity contribution in [3.63, 3.8) is 0 Å². The number of carbonyl (C=O) groups is 1. The predicted octanol–water partition coefficient (Wildman–Crippen LogP) is 2.54. The number of hydrogen-bond acceptors (Lipinski definition) is 4. The first-order valence-corrected chi connectivity index (χ1v) is 7.80. The first-order valence-electron chi connectivity index (χ1n) is 6.57. The first kappa shape index (κ1) is 14.6. The summed E-state index contributed by atoms with van der Waals surface area (Å²) in [6, 6.07) is 8.31. The molecule has 0 spiro atoms. The molecular formula is C15H21NO2S. The molecular weight excluding hydrogens is 258 g/mol. The molecule has 1 heterocycles. The zero-order valence-corrected chi connectivity index (χ0v) is 12.6. The molecule has 3 nitrogen and oxygen atoms in total. The van der Waals surface area contributed by atoms with Crippen LogP contribution >= 0.6 is 11.8 Å². The average molecular weight is 279 g/mol. The fourth-order valence-electron chi connectivity index (χ4n) is 2.53. The van der Waals surface area contributed by atoms with Gasteiger partial charge in [0.05, 0.1) is 13.2 Å². The molecule has 1 aromatic rings. The maximum Gasteiger partial charge on any atom is 0.154 e. The Kier molecular flexibility index (Phi) is 4.66. The van der Waals surface area contributed by atoms with Crippen LogP contribution in [0.25, 0.3) is 0 Å². The van der Waals surface area contributed by atoms with Crippen molar-refractivity contribution in [3.8, 4) is 0 Å². The largest absolute Gasteiger partial charge is 0.379 e. The number of ether oxygens (including phenoxy) is 1. The number of thioether (sulfide) groups is 1. The van der Waals surface area contributed by atoms with Crippen LogP contribution in [0.15, 0.2) is 29.2 Å². The van der Waals surface area contributed by atoms with Crippen LogP contribution in [0.5, 0.6) is 0 Å². The summed E-state index contributed by atoms with van der Waals surface area (Å²) in [5.74, 6) is 0.186. The maximum absolute atomic E-state index is 12.2. The second-order valence-electron chi connectivity index (χ2n) is 4.96. The Morgan fingerprint density at radius 1 is 1.26 bits per heavy atom. The monoisotopic (exact) mass is 279 g/mol. The van der Waals surface area contributed by atoms with Gasteiger partial charge in [-0.2, -0.15) is 0 Å². The molecule has 2 rings (SSSR count). The maximum atomic E-state index is 12.2. The lowest BCUT2D eigenvalue weighted by molar-refractivity contribution is -0.132. The predicted molar refractivity (Wildman–Crippen MR) is 78.6 cm³/mol. The molecule has 1 unspecified atom stereocenters. The molecule has 0 amide bonds. The third-order valence-corrected chi connectivity index (χ3v) is 4.72. The third-order valence-electron chi connectivity index (χ3n) is 3.98. The summed E-state index contributed by atoms with van der Waals surface area (Å²) in [6.07, 6.45) is 2.06. The molecule has 0 bridgehead atoms. The van der Waals surface area contributed by atoms with E-state index in [9.17, 15) is 4.79 Å². The van der Waals surface area contributed by atoms with Crippen LogP contribution < -0.4 is 0 Å². The van der Waals surface area contributed by atoms with Gasteiger partial charge in [0.2, 0.25) is 0 Å². The molecule has 1 aliphatic rings. The second kappa shape index (κ2) is 6.07. The van der Waals surface area contributed by atoms with Gasteiger partial charge in [-0.05, 0) is 37.8 Å². The van der Waals surface area contributed by atoms with E-state index in [2.05, 4.69) is 35.4 Å². The minimum atomic E-state index is -0.541. The van der Waals surface area contributed by atoms with Crippen LogP contribution in [0.1, 0.15) is 19.4 Å². The molecule has 0 aromatic heterocycles. The van der Waals surface area contributed by atoms with Crippen LogP contribution in [0.2, 0.25) is 0 Å². The standard InChI is InChI=1S/C15H21NO2S/c1-12(17)15(2,16-8-10-18-11-9-16)13-4-6-14(19-3)7-5-13/h4-7H,8-11H2,1-3H3. The summed E-state index contributed by atoms with van der Waals surface area (Å²) >= 11 is 1.71. The number of ketones is 1. The van der Waals surface area contributed by atoms with Gasteiger partial charge in [0.15, 0.2) is 5.78 Å². The summed E-state index contributed by atoms with van der Waals surface area (Å²) in [6.45, 7) is 6.71. The lowest BCUT2D eigenvalue weighted by Gasteiger charge is -2.42. The quantitative estimate of drug-likeness (QED) is 0.792. The van der Waals surface area contributed by atoms with E-state index in [0.29, 0.717) is 13.2 Å². The van der Waals surface area contributed by atoms with Gasteiger partial charge in [-0.25, -0.2) is 0 Å². The molecule has 1 atom stereocenters. The lowest BCUT2D eigenvalue weighted by Crippen LogP contribution is -2.53. The van der Waals surface area contributed by atoms with Gasteiger partial charge in [-0.1, -0.05) is 12.1 Å². The van der Waals surface area contributed by atoms with Gasteiger partial charge in [-0.15, -0.1) is 11.8 Å². The van der Waals surface area contributed by atoms with Crippen molar-refractivity contribution < 1.29 is 9.53 Å². The summed E-state index contributed by atoms with van der Waals surface area (Å²) in [4.78, 5) is 15.7. The highest BCUT2D eigenvalue weighted by Crippen LogP contribution is 2.31. The number of hydrogen-bond donors (Lipinski definition) is 0. The minimum absolute atomic E-state index is 0.186. The molecule has 1 aromatic carbocycles. The molecule has 1 saturated heterocycles. The van der Waals surface area contributed by atoms with Gasteiger partial charge in [0.1, 0.15) is 5.54 Å². The zero-order chi connectivity index (χ0) is 13.9. The molecule has 1 aliphatic heterocycles. The Hall–Kier alpha value is -0.840. The lowest BCUT2D eigenvalue weighted by atomic mass is 9.86. The van der Waals surface area contributed by atoms with Crippen molar-refractivity contribution in [1.82, 2.24) is 4.90 Å². The van der Waals surface area contributed by atoms with Crippen LogP contribution in [-0.4, -0.2) is 43.2 Å². The number of rotatable bonds is 4. The summed E-state index contributed by atoms with van der Waals surface area (Å²) in [5, 5.41) is 0. The van der Waals surface area contributed by atoms with Crippen LogP contribution in [-0.2, 0) is 15.1 Å². The highest BCUT2D eigenvalue weighted by molar-refractivity contribution is 7.98. The second-order valence-corrected chi connectivity index (χ2v) is 5.84. The van der Waals surface area contributed by atoms with E-state index >= 15 is 0 Å². The average Bonchev–Trinajstić information content (AvgIpc) is 2.47. The van der Waals surface area contributed by atoms with E-state index in [1.165, 1.54) is 4.90 Å². The smallest absolute Gasteiger partial charge is 0.154 e. The summed E-state index contributed by atoms with van der Waals surface area (Å²) in [5.41, 5.74) is 0.528. The van der Waals surface area contributed by atoms with Crippen LogP contribution in [0, 0.1) is 0 Å². The summed E-state index contributed by atoms with van der Waals surface area (Å²) in [7, 11) is 0. The van der Waals surface area contributed by atoms with Crippen molar-refractivity contribution in [1.29, 1.82) is 0 Å². The Morgan fingerprint density at radius 3 is 2.32 bits per heavy atom. The number of benzene rings is 1. The highest BCUT2D eigenvalue weighted by Gasteiger charge is 2.38. The van der Waals surface area contributed by atoms with Crippen molar-refractivity contribution >= 4 is 17.5 Å². The third kappa shape index (κ3) is 2.86. The van der Waals surface area contributed by atoms with Crippen molar-refractivity contribution in [2.24, 2.45) is 0 Å². The van der Waals surface area contributed by atoms with Crippen molar-refractivity contribution in [3.05, 3.63) is 29.8 Å². The van der Waals surface area contributed by atoms with Crippen LogP contribution in [0.4, 0.5) is 0 Å². The fraction of sp³-hybridized carbons (Fsp3) is 0.533. The minimum Gasteiger partial charge on any atom is -0.379 e. The zero-order valence-electron chi connectivity index (χ0n) is 11.8. The van der Waals surface area contributed by atoms with Crippen LogP contribution in [0.3, 0.4) is 0 Å². The van der Waals surface area contributed by atoms with E-state index < -0.39 is 5.54 Å². The Morgan fingerprint density at radius 2 is 1.84 bits per heavy atom. The Balaban J connectivity index is 2.33. The number of Topliss-reactive ketones (excluding diaryl/α,β-unsaturated/α-hetero) is 1. The Labute approximate surface area is 119 Å². The van der Waals surface area contributed by atoms with Gasteiger partial charge in [-0.3, -0.25) is 9.69 Å². The van der Waals surface area contributed by atoms with E-state index in [4.69, 9.17) is 4.74 Å². The number of morpholine rings is 1. The van der Waals surface area contributed by atoms with Crippen molar-refractivity contribution in [2.75, 3.05) is 32.6 Å². The van der Waals surface area contributed by atoms with Gasteiger partial charge >= 0.3 is 0 Å². The number of nitrogens with zero attached hydrogens (tertiary/aromatic N) is 1. The normalized spacial score (nSPS) is 19.9. The molecule has 4 heteroatoms. The fourth-order valence-corrected chi connectivity index (χ4v) is 2.94. The topological polar surface area (TPSA) is 29.5 Å². The molecule has 104 valence electrons. The Bertz CT molecular complexity index is 440. The van der Waals surface area contributed by atoms with Gasteiger partial charge in [0.25, 0.3) is 0 Å². The van der Waals surface area contributed by atoms with E-state index in [0.717, 1.165) is 18.7 Å². The molecule has 19 heavy (non-hydrogen) atoms. The van der Waals surface area contributed by atoms with E-state index in [-0.39, 0.29) is 5.78 Å². The van der Waals surface area contributed by atoms with Gasteiger partial charge in [0, 0.05) is 18.0 Å². The highest BCUT2D eigenvalue weighted by atomic mass is 32.2. The molecule has 0 radical (unpaired) electrons. The van der Waals surface area contributed by atoms with E-state index in [1.807, 2.05) is 6.92 Å². The molecule has 1 fully saturated rings. The first-order chi connectivity index (χ1) is 9.09. The molecule has 0 N–H and O–H groups in total. The van der Waals surface area contributed by atoms with E-state index in [1.54, 1.807) is 18.7 Å². The molecule has 0 aliphatic carbocycles. The summed E-state index contributed by atoms with van der Waals surface area (Å²) < 4.78 is 5.39. The molecule has 0 saturated carbocycles. The van der Waals surface area contributed by atoms with Gasteiger partial charge < -0.3 is 4.74 Å². The number of carbonyl (C=O) groups excluding carboxylic acids is 1. The SMILES string of the molecule is CSc1ccc(C(C)(C(C)=O)N2CCOCC2)cc1. The van der Waals surface area contributed by atoms with Crippen molar-refractivity contribution in [2.45, 2.75) is 24.3 Å².